The quantitative estimate of drug-likeness (QED) is 0.927. The molecule has 2 rings (SSSR count). The number of piperidine rings is 1. The van der Waals surface area contributed by atoms with Gasteiger partial charge in [-0.25, -0.2) is 0 Å². The van der Waals surface area contributed by atoms with Crippen molar-refractivity contribution in [3.05, 3.63) is 21.3 Å². The van der Waals surface area contributed by atoms with Crippen LogP contribution < -0.4 is 5.32 Å². The van der Waals surface area contributed by atoms with Gasteiger partial charge in [-0.2, -0.15) is 0 Å². The van der Waals surface area contributed by atoms with Gasteiger partial charge < -0.3 is 10.2 Å². The third-order valence-corrected chi connectivity index (χ3v) is 4.90. The molecule has 2 heterocycles. The molecule has 0 aliphatic carbocycles. The summed E-state index contributed by atoms with van der Waals surface area (Å²) in [5.74, 6) is 0.242. The summed E-state index contributed by atoms with van der Waals surface area (Å²) in [7, 11) is 0. The molecule has 1 aromatic heterocycles. The number of rotatable bonds is 4. The Bertz CT molecular complexity index is 481. The highest BCUT2D eigenvalue weighted by molar-refractivity contribution is 7.16. The van der Waals surface area contributed by atoms with Crippen molar-refractivity contribution in [1.29, 1.82) is 0 Å². The van der Waals surface area contributed by atoms with Gasteiger partial charge in [-0.3, -0.25) is 9.59 Å². The van der Waals surface area contributed by atoms with Crippen LogP contribution in [0.4, 0.5) is 0 Å². The van der Waals surface area contributed by atoms with Crippen LogP contribution in [0.3, 0.4) is 0 Å². The molecule has 6 heteroatoms. The number of nitrogens with one attached hydrogen (secondary N) is 1. The number of amides is 2. The predicted molar refractivity (Wildman–Crippen MR) is 81.0 cm³/mol. The first-order chi connectivity index (χ1) is 9.56. The van der Waals surface area contributed by atoms with Gasteiger partial charge in [0.15, 0.2) is 0 Å². The van der Waals surface area contributed by atoms with E-state index in [2.05, 4.69) is 5.32 Å². The van der Waals surface area contributed by atoms with Crippen LogP contribution >= 0.6 is 22.9 Å². The van der Waals surface area contributed by atoms with E-state index >= 15 is 0 Å². The second kappa shape index (κ2) is 7.09. The van der Waals surface area contributed by atoms with E-state index in [1.54, 1.807) is 23.2 Å². The summed E-state index contributed by atoms with van der Waals surface area (Å²) in [5, 5.41) is 2.98. The first-order valence-corrected chi connectivity index (χ1v) is 8.03. The molecule has 1 saturated heterocycles. The van der Waals surface area contributed by atoms with E-state index in [9.17, 15) is 9.59 Å². The Morgan fingerprint density at radius 2 is 2.10 bits per heavy atom. The Hall–Kier alpha value is -1.07. The molecule has 0 atom stereocenters. The topological polar surface area (TPSA) is 49.4 Å². The summed E-state index contributed by atoms with van der Waals surface area (Å²) in [4.78, 5) is 26.2. The first-order valence-electron chi connectivity index (χ1n) is 6.83. The van der Waals surface area contributed by atoms with Gasteiger partial charge in [0.25, 0.3) is 0 Å². The maximum Gasteiger partial charge on any atom is 0.223 e. The SMILES string of the molecule is CC(=O)N1CCC(C(=O)NCCc2ccc(Cl)s2)CC1. The first kappa shape index (κ1) is 15.3. The number of nitrogens with zero attached hydrogens (tertiary/aromatic N) is 1. The van der Waals surface area contributed by atoms with E-state index in [-0.39, 0.29) is 17.7 Å². The minimum absolute atomic E-state index is 0.0394. The van der Waals surface area contributed by atoms with Crippen LogP contribution in [-0.4, -0.2) is 36.3 Å². The number of hydrogen-bond acceptors (Lipinski definition) is 3. The molecular formula is C14H19ClN2O2S. The second-order valence-electron chi connectivity index (χ2n) is 5.03. The van der Waals surface area contributed by atoms with E-state index in [4.69, 9.17) is 11.6 Å². The van der Waals surface area contributed by atoms with E-state index in [0.29, 0.717) is 19.6 Å². The van der Waals surface area contributed by atoms with Gasteiger partial charge in [0.2, 0.25) is 11.8 Å². The van der Waals surface area contributed by atoms with Gasteiger partial charge in [-0.1, -0.05) is 11.6 Å². The van der Waals surface area contributed by atoms with Gasteiger partial charge in [0, 0.05) is 37.4 Å². The molecule has 0 spiro atoms. The minimum atomic E-state index is 0.0394. The highest BCUT2D eigenvalue weighted by atomic mass is 35.5. The van der Waals surface area contributed by atoms with Crippen LogP contribution in [0.5, 0.6) is 0 Å². The number of carbonyl (C=O) groups is 2. The average Bonchev–Trinajstić information content (AvgIpc) is 2.84. The minimum Gasteiger partial charge on any atom is -0.355 e. The van der Waals surface area contributed by atoms with E-state index in [1.165, 1.54) is 4.88 Å². The number of likely N-dealkylation sites (tertiary alicyclic amines) is 1. The highest BCUT2D eigenvalue weighted by Crippen LogP contribution is 2.21. The summed E-state index contributed by atoms with van der Waals surface area (Å²) in [6, 6.07) is 3.87. The van der Waals surface area contributed by atoms with Crippen molar-refractivity contribution in [2.75, 3.05) is 19.6 Å². The van der Waals surface area contributed by atoms with Crippen LogP contribution in [0.1, 0.15) is 24.6 Å². The second-order valence-corrected chi connectivity index (χ2v) is 6.83. The van der Waals surface area contributed by atoms with E-state index in [1.807, 2.05) is 12.1 Å². The smallest absolute Gasteiger partial charge is 0.223 e. The normalized spacial score (nSPS) is 16.2. The molecule has 1 aliphatic rings. The van der Waals surface area contributed by atoms with Crippen LogP contribution in [0.2, 0.25) is 4.34 Å². The Morgan fingerprint density at radius 3 is 2.65 bits per heavy atom. The van der Waals surface area contributed by atoms with Crippen molar-refractivity contribution < 1.29 is 9.59 Å². The molecule has 0 saturated carbocycles. The third kappa shape index (κ3) is 4.21. The average molecular weight is 315 g/mol. The van der Waals surface area contributed by atoms with Crippen molar-refractivity contribution in [1.82, 2.24) is 10.2 Å². The molecule has 110 valence electrons. The fraction of sp³-hybridized carbons (Fsp3) is 0.571. The Morgan fingerprint density at radius 1 is 1.40 bits per heavy atom. The number of thiophene rings is 1. The van der Waals surface area contributed by atoms with Crippen molar-refractivity contribution in [3.8, 4) is 0 Å². The lowest BCUT2D eigenvalue weighted by Crippen LogP contribution is -2.42. The van der Waals surface area contributed by atoms with Crippen molar-refractivity contribution in [2.24, 2.45) is 5.92 Å². The predicted octanol–water partition coefficient (Wildman–Crippen LogP) is 2.32. The zero-order chi connectivity index (χ0) is 14.5. The van der Waals surface area contributed by atoms with Crippen LogP contribution in [-0.2, 0) is 16.0 Å². The lowest BCUT2D eigenvalue weighted by atomic mass is 9.96. The Kier molecular flexibility index (Phi) is 5.43. The zero-order valence-electron chi connectivity index (χ0n) is 11.5. The molecule has 0 aromatic carbocycles. The van der Waals surface area contributed by atoms with E-state index in [0.717, 1.165) is 23.6 Å². The summed E-state index contributed by atoms with van der Waals surface area (Å²) in [5.41, 5.74) is 0. The van der Waals surface area contributed by atoms with Crippen molar-refractivity contribution in [2.45, 2.75) is 26.2 Å². The monoisotopic (exact) mass is 314 g/mol. The summed E-state index contributed by atoms with van der Waals surface area (Å²) < 4.78 is 0.780. The number of carbonyl (C=O) groups excluding carboxylic acids is 2. The van der Waals surface area contributed by atoms with E-state index < -0.39 is 0 Å². The standard InChI is InChI=1S/C14H19ClN2O2S/c1-10(18)17-8-5-11(6-9-17)14(19)16-7-4-12-2-3-13(15)20-12/h2-3,11H,4-9H2,1H3,(H,16,19). The van der Waals surface area contributed by atoms with Crippen molar-refractivity contribution >= 4 is 34.8 Å². The molecule has 1 aliphatic heterocycles. The highest BCUT2D eigenvalue weighted by Gasteiger charge is 2.25. The van der Waals surface area contributed by atoms with Gasteiger partial charge >= 0.3 is 0 Å². The van der Waals surface area contributed by atoms with Crippen LogP contribution in [0.25, 0.3) is 0 Å². The van der Waals surface area contributed by atoms with Gasteiger partial charge in [-0.15, -0.1) is 11.3 Å². The Labute approximate surface area is 128 Å². The van der Waals surface area contributed by atoms with Gasteiger partial charge in [-0.05, 0) is 31.4 Å². The molecule has 2 amide bonds. The summed E-state index contributed by atoms with van der Waals surface area (Å²) in [6.07, 6.45) is 2.34. The Balaban J connectivity index is 1.69. The summed E-state index contributed by atoms with van der Waals surface area (Å²) >= 11 is 7.41. The molecule has 1 N–H and O–H groups in total. The molecule has 0 radical (unpaired) electrons. The van der Waals surface area contributed by atoms with Crippen LogP contribution in [0.15, 0.2) is 12.1 Å². The van der Waals surface area contributed by atoms with Gasteiger partial charge in [0.1, 0.15) is 0 Å². The molecule has 1 fully saturated rings. The number of halogens is 1. The molecule has 0 unspecified atom stereocenters. The maximum atomic E-state index is 12.0. The fourth-order valence-corrected chi connectivity index (χ4v) is 3.48. The van der Waals surface area contributed by atoms with Crippen molar-refractivity contribution in [3.63, 3.8) is 0 Å². The molecule has 1 aromatic rings. The number of hydrogen-bond donors (Lipinski definition) is 1. The summed E-state index contributed by atoms with van der Waals surface area (Å²) in [6.45, 7) is 3.59. The molecule has 20 heavy (non-hydrogen) atoms. The zero-order valence-corrected chi connectivity index (χ0v) is 13.1. The third-order valence-electron chi connectivity index (χ3n) is 3.61. The molecular weight excluding hydrogens is 296 g/mol. The molecule has 0 bridgehead atoms. The fourth-order valence-electron chi connectivity index (χ4n) is 2.40. The largest absolute Gasteiger partial charge is 0.355 e. The maximum absolute atomic E-state index is 12.0. The molecule has 4 nitrogen and oxygen atoms in total. The lowest BCUT2D eigenvalue weighted by molar-refractivity contribution is -0.133. The lowest BCUT2D eigenvalue weighted by Gasteiger charge is -2.30. The van der Waals surface area contributed by atoms with Crippen LogP contribution in [0, 0.1) is 5.92 Å². The van der Waals surface area contributed by atoms with Gasteiger partial charge in [0.05, 0.1) is 4.34 Å².